The van der Waals surface area contributed by atoms with E-state index in [0.717, 1.165) is 16.3 Å². The van der Waals surface area contributed by atoms with Gasteiger partial charge in [0.1, 0.15) is 6.61 Å². The van der Waals surface area contributed by atoms with Crippen LogP contribution < -0.4 is 9.80 Å². The first-order valence-corrected chi connectivity index (χ1v) is 8.97. The second kappa shape index (κ2) is 10.7. The van der Waals surface area contributed by atoms with Gasteiger partial charge in [-0.15, -0.1) is 5.10 Å². The zero-order valence-corrected chi connectivity index (χ0v) is 16.5. The van der Waals surface area contributed by atoms with Gasteiger partial charge >= 0.3 is 6.09 Å². The Kier molecular flexibility index (Phi) is 8.05. The first-order valence-electron chi connectivity index (χ1n) is 8.97. The molecule has 0 saturated heterocycles. The van der Waals surface area contributed by atoms with E-state index in [1.54, 1.807) is 22.9 Å². The first kappa shape index (κ1) is 21.0. The number of aromatic nitrogens is 2. The molecule has 0 radical (unpaired) electrons. The number of para-hydroxylation sites is 2. The van der Waals surface area contributed by atoms with Gasteiger partial charge in [0.2, 0.25) is 5.88 Å². The topological polar surface area (TPSA) is 65.8 Å². The van der Waals surface area contributed by atoms with Crippen molar-refractivity contribution in [3.05, 3.63) is 72.4 Å². The first-order chi connectivity index (χ1) is 13.7. The van der Waals surface area contributed by atoms with Crippen molar-refractivity contribution in [3.8, 4) is 11.6 Å². The van der Waals surface area contributed by atoms with Crippen LogP contribution in [0.2, 0.25) is 0 Å². The van der Waals surface area contributed by atoms with Crippen LogP contribution in [0.4, 0.5) is 10.5 Å². The van der Waals surface area contributed by atoms with Gasteiger partial charge in [0.25, 0.3) is 0 Å². The Hall–Kier alpha value is -3.32. The summed E-state index contributed by atoms with van der Waals surface area (Å²) in [5.74, 6) is 0.477. The molecule has 2 aromatic carbocycles. The summed E-state index contributed by atoms with van der Waals surface area (Å²) in [6, 6.07) is 18.8. The van der Waals surface area contributed by atoms with Gasteiger partial charge in [-0.1, -0.05) is 50.2 Å². The minimum atomic E-state index is -0.617. The summed E-state index contributed by atoms with van der Waals surface area (Å²) in [5, 5.41) is 5.47. The number of hydrogen-bond acceptors (Lipinski definition) is 5. The third kappa shape index (κ3) is 5.11. The second-order valence-electron chi connectivity index (χ2n) is 5.30. The number of anilines is 1. The van der Waals surface area contributed by atoms with Crippen molar-refractivity contribution < 1.29 is 19.1 Å². The van der Waals surface area contributed by atoms with Gasteiger partial charge < -0.3 is 9.47 Å². The molecule has 0 aliphatic heterocycles. The molecular weight excluding hydrogens is 358 g/mol. The molecule has 148 valence electrons. The molecule has 0 aliphatic carbocycles. The third-order valence-corrected chi connectivity index (χ3v) is 3.69. The van der Waals surface area contributed by atoms with Crippen LogP contribution in [-0.2, 0) is 16.2 Å². The highest BCUT2D eigenvalue weighted by Crippen LogP contribution is 2.23. The Morgan fingerprint density at radius 2 is 1.68 bits per heavy atom. The van der Waals surface area contributed by atoms with Crippen LogP contribution in [0.3, 0.4) is 0 Å². The number of amides is 1. The van der Waals surface area contributed by atoms with Crippen LogP contribution in [0, 0.1) is 0 Å². The molecule has 0 atom stereocenters. The molecule has 0 fully saturated rings. The van der Waals surface area contributed by atoms with Crippen molar-refractivity contribution in [2.75, 3.05) is 19.3 Å². The molecule has 3 aromatic rings. The fraction of sp³-hybridized carbons (Fsp3) is 0.238. The van der Waals surface area contributed by atoms with E-state index in [9.17, 15) is 4.79 Å². The second-order valence-corrected chi connectivity index (χ2v) is 5.30. The highest BCUT2D eigenvalue weighted by atomic mass is 16.7. The van der Waals surface area contributed by atoms with E-state index in [1.165, 1.54) is 14.2 Å². The highest BCUT2D eigenvalue weighted by Gasteiger charge is 2.19. The van der Waals surface area contributed by atoms with Crippen molar-refractivity contribution >= 4 is 11.8 Å². The fourth-order valence-electron chi connectivity index (χ4n) is 2.45. The molecular formula is C21H25N3O4. The lowest BCUT2D eigenvalue weighted by molar-refractivity contribution is 0.115. The maximum absolute atomic E-state index is 11.9. The number of carbonyl (C=O) groups is 1. The average molecular weight is 383 g/mol. The lowest BCUT2D eigenvalue weighted by atomic mass is 10.2. The van der Waals surface area contributed by atoms with Crippen molar-refractivity contribution in [1.82, 2.24) is 9.78 Å². The molecule has 1 amide bonds. The predicted molar refractivity (Wildman–Crippen MR) is 108 cm³/mol. The van der Waals surface area contributed by atoms with Gasteiger partial charge in [0.15, 0.2) is 0 Å². The van der Waals surface area contributed by atoms with E-state index >= 15 is 0 Å². The quantitative estimate of drug-likeness (QED) is 0.582. The minimum Gasteiger partial charge on any atom is -0.472 e. The lowest BCUT2D eigenvalue weighted by Gasteiger charge is -2.20. The van der Waals surface area contributed by atoms with E-state index in [-0.39, 0.29) is 6.61 Å². The van der Waals surface area contributed by atoms with Crippen molar-refractivity contribution in [2.24, 2.45) is 0 Å². The normalized spacial score (nSPS) is 9.86. The summed E-state index contributed by atoms with van der Waals surface area (Å²) >= 11 is 0. The molecule has 1 heterocycles. The van der Waals surface area contributed by atoms with E-state index in [2.05, 4.69) is 5.10 Å². The number of carbonyl (C=O) groups excluding carboxylic acids is 1. The predicted octanol–water partition coefficient (Wildman–Crippen LogP) is 4.61. The summed E-state index contributed by atoms with van der Waals surface area (Å²) in [6.07, 6.45) is 1.21. The molecule has 28 heavy (non-hydrogen) atoms. The number of ether oxygens (including phenoxy) is 2. The maximum Gasteiger partial charge on any atom is 0.438 e. The molecule has 0 N–H and O–H groups in total. The summed E-state index contributed by atoms with van der Waals surface area (Å²) < 4.78 is 12.2. The van der Waals surface area contributed by atoms with Gasteiger partial charge in [-0.05, 0) is 18.2 Å². The van der Waals surface area contributed by atoms with Crippen molar-refractivity contribution in [2.45, 2.75) is 20.5 Å². The number of rotatable bonds is 6. The minimum absolute atomic E-state index is 0.221. The van der Waals surface area contributed by atoms with Crippen LogP contribution in [0.1, 0.15) is 19.4 Å². The Balaban J connectivity index is 0.00000136. The van der Waals surface area contributed by atoms with Gasteiger partial charge in [-0.3, -0.25) is 4.84 Å². The van der Waals surface area contributed by atoms with Crippen molar-refractivity contribution in [3.63, 3.8) is 0 Å². The molecule has 1 aromatic heterocycles. The number of benzene rings is 2. The van der Waals surface area contributed by atoms with Crippen molar-refractivity contribution in [1.29, 1.82) is 0 Å². The fourth-order valence-corrected chi connectivity index (χ4v) is 2.45. The Morgan fingerprint density at radius 1 is 1.00 bits per heavy atom. The van der Waals surface area contributed by atoms with Gasteiger partial charge in [0.05, 0.1) is 25.6 Å². The molecule has 7 heteroatoms. The molecule has 3 rings (SSSR count). The van der Waals surface area contributed by atoms with Crippen LogP contribution in [0.5, 0.6) is 5.88 Å². The van der Waals surface area contributed by atoms with Crippen LogP contribution in [-0.4, -0.2) is 30.1 Å². The smallest absolute Gasteiger partial charge is 0.438 e. The van der Waals surface area contributed by atoms with E-state index in [1.807, 2.05) is 62.5 Å². The summed E-state index contributed by atoms with van der Waals surface area (Å²) in [5.41, 5.74) is 2.25. The van der Waals surface area contributed by atoms with Crippen LogP contribution in [0.15, 0.2) is 66.9 Å². The van der Waals surface area contributed by atoms with E-state index in [0.29, 0.717) is 11.6 Å². The molecule has 0 saturated carbocycles. The third-order valence-electron chi connectivity index (χ3n) is 3.69. The molecule has 0 aliphatic rings. The standard InChI is InChI=1S/C19H19N3O4.C2H6/c1-24-19(23)22(25-2)17-11-7-6-8-15(17)14-26-18-12-13-21(20-18)16-9-4-3-5-10-16;1-2/h3-13H,14H2,1-2H3;1-2H3. The Bertz CT molecular complexity index is 865. The zero-order valence-electron chi connectivity index (χ0n) is 16.5. The zero-order chi connectivity index (χ0) is 20.4. The van der Waals surface area contributed by atoms with Crippen LogP contribution in [0.25, 0.3) is 5.69 Å². The monoisotopic (exact) mass is 383 g/mol. The molecule has 0 spiro atoms. The van der Waals surface area contributed by atoms with E-state index < -0.39 is 6.09 Å². The Morgan fingerprint density at radius 3 is 2.36 bits per heavy atom. The van der Waals surface area contributed by atoms with Gasteiger partial charge in [0, 0.05) is 17.8 Å². The average Bonchev–Trinajstić information content (AvgIpc) is 3.24. The molecule has 0 bridgehead atoms. The number of nitrogens with zero attached hydrogens (tertiary/aromatic N) is 3. The van der Waals surface area contributed by atoms with E-state index in [4.69, 9.17) is 14.3 Å². The summed E-state index contributed by atoms with van der Waals surface area (Å²) in [4.78, 5) is 17.0. The molecule has 0 unspecified atom stereocenters. The highest BCUT2D eigenvalue weighted by molar-refractivity contribution is 5.86. The lowest BCUT2D eigenvalue weighted by Crippen LogP contribution is -2.30. The molecule has 7 nitrogen and oxygen atoms in total. The number of hydroxylamine groups is 1. The SMILES string of the molecule is CC.COC(=O)N(OC)c1ccccc1COc1ccn(-c2ccccc2)n1. The number of methoxy groups -OCH3 is 1. The summed E-state index contributed by atoms with van der Waals surface area (Å²) in [7, 11) is 2.69. The van der Waals surface area contributed by atoms with Gasteiger partial charge in [-0.2, -0.15) is 5.06 Å². The summed E-state index contributed by atoms with van der Waals surface area (Å²) in [6.45, 7) is 4.22. The number of hydrogen-bond donors (Lipinski definition) is 0. The van der Waals surface area contributed by atoms with Crippen LogP contribution >= 0.6 is 0 Å². The largest absolute Gasteiger partial charge is 0.472 e. The Labute approximate surface area is 165 Å². The maximum atomic E-state index is 11.9. The van der Waals surface area contributed by atoms with Gasteiger partial charge in [-0.25, -0.2) is 9.48 Å².